The van der Waals surface area contributed by atoms with Crippen molar-refractivity contribution in [2.24, 2.45) is 0 Å². The van der Waals surface area contributed by atoms with Crippen molar-refractivity contribution in [1.29, 1.82) is 0 Å². The molecule has 22 heavy (non-hydrogen) atoms. The molecule has 0 radical (unpaired) electrons. The predicted molar refractivity (Wildman–Crippen MR) is 81.7 cm³/mol. The molecule has 0 fully saturated rings. The standard InChI is InChI=1S/C15H15NO5S/c1-21-12-4-6-13(7-5-12)22-9-11-3-2-10(15(17)18)8-14(11)16(19)20/h2-8,16,19H,9H2,1H3,(H,17,18). The summed E-state index contributed by atoms with van der Waals surface area (Å²) in [6.45, 7) is 0. The Morgan fingerprint density at radius 3 is 2.50 bits per heavy atom. The molecular formula is C15H15NO5S. The number of rotatable bonds is 6. The summed E-state index contributed by atoms with van der Waals surface area (Å²) < 4.78 is 5.08. The molecule has 2 rings (SSSR count). The molecule has 0 amide bonds. The van der Waals surface area contributed by atoms with Gasteiger partial charge >= 0.3 is 5.97 Å². The van der Waals surface area contributed by atoms with E-state index >= 15 is 0 Å². The summed E-state index contributed by atoms with van der Waals surface area (Å²) in [5.41, 5.74) is 0.565. The fraction of sp³-hybridized carbons (Fsp3) is 0.133. The van der Waals surface area contributed by atoms with Gasteiger partial charge in [0.15, 0.2) is 5.69 Å². The number of methoxy groups -OCH3 is 1. The van der Waals surface area contributed by atoms with Gasteiger partial charge in [0, 0.05) is 22.3 Å². The molecule has 2 aromatic rings. The Hall–Kier alpha value is -2.06. The Labute approximate surface area is 131 Å². The third kappa shape index (κ3) is 3.99. The van der Waals surface area contributed by atoms with Crippen LogP contribution in [0.5, 0.6) is 5.75 Å². The number of nitrogens with one attached hydrogen (secondary N) is 1. The van der Waals surface area contributed by atoms with E-state index < -0.39 is 11.2 Å². The number of thioether (sulfide) groups is 1. The molecule has 0 bridgehead atoms. The summed E-state index contributed by atoms with van der Waals surface area (Å²) in [6.07, 6.45) is 0. The minimum absolute atomic E-state index is 0.0147. The first-order valence-electron chi connectivity index (χ1n) is 6.37. The van der Waals surface area contributed by atoms with E-state index in [-0.39, 0.29) is 11.3 Å². The summed E-state index contributed by atoms with van der Waals surface area (Å²) in [5, 5.41) is 28.3. The second-order valence-electron chi connectivity index (χ2n) is 4.45. The highest BCUT2D eigenvalue weighted by molar-refractivity contribution is 7.98. The number of hydrogen-bond acceptors (Lipinski definition) is 5. The van der Waals surface area contributed by atoms with Crippen LogP contribution < -0.4 is 9.96 Å². The molecule has 0 spiro atoms. The van der Waals surface area contributed by atoms with Crippen LogP contribution in [0.2, 0.25) is 0 Å². The molecule has 0 saturated heterocycles. The molecule has 0 heterocycles. The van der Waals surface area contributed by atoms with Crippen molar-refractivity contribution in [3.05, 3.63) is 58.8 Å². The van der Waals surface area contributed by atoms with Crippen LogP contribution in [-0.2, 0) is 5.75 Å². The van der Waals surface area contributed by atoms with Crippen molar-refractivity contribution in [3.8, 4) is 5.75 Å². The second kappa shape index (κ2) is 7.28. The van der Waals surface area contributed by atoms with Gasteiger partial charge in [-0.1, -0.05) is 6.07 Å². The van der Waals surface area contributed by atoms with Gasteiger partial charge in [-0.2, -0.15) is 5.23 Å². The van der Waals surface area contributed by atoms with Crippen molar-refractivity contribution < 1.29 is 25.1 Å². The molecule has 0 aliphatic rings. The van der Waals surface area contributed by atoms with Crippen molar-refractivity contribution in [2.75, 3.05) is 7.11 Å². The molecular weight excluding hydrogens is 306 g/mol. The Morgan fingerprint density at radius 2 is 1.95 bits per heavy atom. The number of carbonyl (C=O) groups is 1. The molecule has 6 nitrogen and oxygen atoms in total. The van der Waals surface area contributed by atoms with Gasteiger partial charge in [0.05, 0.1) is 12.7 Å². The Kier molecular flexibility index (Phi) is 5.40. The molecule has 1 unspecified atom stereocenters. The van der Waals surface area contributed by atoms with E-state index in [2.05, 4.69) is 0 Å². The van der Waals surface area contributed by atoms with Crippen LogP contribution in [0.15, 0.2) is 47.4 Å². The number of benzene rings is 2. The average molecular weight is 321 g/mol. The van der Waals surface area contributed by atoms with Gasteiger partial charge in [0.2, 0.25) is 0 Å². The van der Waals surface area contributed by atoms with Crippen LogP contribution in [-0.4, -0.2) is 23.4 Å². The zero-order valence-corrected chi connectivity index (χ0v) is 12.6. The van der Waals surface area contributed by atoms with E-state index in [1.807, 2.05) is 24.3 Å². The van der Waals surface area contributed by atoms with E-state index in [0.717, 1.165) is 10.6 Å². The molecule has 7 heteroatoms. The van der Waals surface area contributed by atoms with Crippen LogP contribution in [0.25, 0.3) is 0 Å². The van der Waals surface area contributed by atoms with E-state index in [1.165, 1.54) is 23.9 Å². The van der Waals surface area contributed by atoms with Crippen molar-refractivity contribution in [1.82, 2.24) is 0 Å². The van der Waals surface area contributed by atoms with Gasteiger partial charge in [-0.3, -0.25) is 0 Å². The highest BCUT2D eigenvalue weighted by atomic mass is 32.2. The first-order valence-corrected chi connectivity index (χ1v) is 7.36. The Bertz CT molecular complexity index is 657. The Morgan fingerprint density at radius 1 is 1.27 bits per heavy atom. The van der Waals surface area contributed by atoms with Gasteiger partial charge in [0.1, 0.15) is 5.75 Å². The topological polar surface area (TPSA) is 94.3 Å². The molecule has 0 aromatic heterocycles. The SMILES string of the molecule is COc1ccc(SCc2ccc(C(=O)O)cc2[NH+]([O-])O)cc1. The van der Waals surface area contributed by atoms with Crippen molar-refractivity contribution in [2.45, 2.75) is 10.6 Å². The number of carboxylic acid groups (broad SMARTS) is 1. The lowest BCUT2D eigenvalue weighted by molar-refractivity contribution is -0.991. The van der Waals surface area contributed by atoms with E-state index in [1.54, 1.807) is 13.2 Å². The van der Waals surface area contributed by atoms with Crippen LogP contribution >= 0.6 is 11.8 Å². The fourth-order valence-electron chi connectivity index (χ4n) is 1.87. The zero-order chi connectivity index (χ0) is 16.1. The normalized spacial score (nSPS) is 12.0. The first kappa shape index (κ1) is 16.3. The van der Waals surface area contributed by atoms with Crippen molar-refractivity contribution in [3.63, 3.8) is 0 Å². The van der Waals surface area contributed by atoms with E-state index in [9.17, 15) is 15.2 Å². The maximum Gasteiger partial charge on any atom is 0.335 e. The number of quaternary nitrogens is 1. The van der Waals surface area contributed by atoms with Gasteiger partial charge in [-0.15, -0.1) is 11.8 Å². The third-order valence-electron chi connectivity index (χ3n) is 3.04. The lowest BCUT2D eigenvalue weighted by Crippen LogP contribution is -2.99. The van der Waals surface area contributed by atoms with Crippen molar-refractivity contribution >= 4 is 23.4 Å². The maximum atomic E-state index is 11.3. The minimum Gasteiger partial charge on any atom is -0.595 e. The molecule has 2 aromatic carbocycles. The average Bonchev–Trinajstić information content (AvgIpc) is 2.53. The van der Waals surface area contributed by atoms with Crippen LogP contribution in [0.1, 0.15) is 15.9 Å². The summed E-state index contributed by atoms with van der Waals surface area (Å²) in [7, 11) is 1.59. The third-order valence-corrected chi connectivity index (χ3v) is 4.10. The lowest BCUT2D eigenvalue weighted by Gasteiger charge is -2.16. The van der Waals surface area contributed by atoms with Gasteiger partial charge in [-0.25, -0.2) is 10.0 Å². The number of hydrogen-bond donors (Lipinski definition) is 3. The quantitative estimate of drug-likeness (QED) is 0.557. The summed E-state index contributed by atoms with van der Waals surface area (Å²) in [4.78, 5) is 11.9. The van der Waals surface area contributed by atoms with Crippen LogP contribution in [0, 0.1) is 5.21 Å². The number of carboxylic acids is 1. The number of aromatic carboxylic acids is 1. The van der Waals surface area contributed by atoms with Crippen LogP contribution in [0.4, 0.5) is 5.69 Å². The predicted octanol–water partition coefficient (Wildman–Crippen LogP) is 2.09. The van der Waals surface area contributed by atoms with Gasteiger partial charge < -0.3 is 15.1 Å². The van der Waals surface area contributed by atoms with Gasteiger partial charge in [0.25, 0.3) is 0 Å². The summed E-state index contributed by atoms with van der Waals surface area (Å²) in [6, 6.07) is 11.6. The molecule has 116 valence electrons. The van der Waals surface area contributed by atoms with E-state index in [0.29, 0.717) is 11.3 Å². The first-order chi connectivity index (χ1) is 10.5. The highest BCUT2D eigenvalue weighted by Gasteiger charge is 2.14. The Balaban J connectivity index is 2.15. The minimum atomic E-state index is -1.14. The monoisotopic (exact) mass is 321 g/mol. The lowest BCUT2D eigenvalue weighted by atomic mass is 10.1. The summed E-state index contributed by atoms with van der Waals surface area (Å²) >= 11 is 1.47. The second-order valence-corrected chi connectivity index (χ2v) is 5.50. The fourth-order valence-corrected chi connectivity index (χ4v) is 2.77. The number of ether oxygens (including phenoxy) is 1. The van der Waals surface area contributed by atoms with Gasteiger partial charge in [-0.05, 0) is 30.3 Å². The summed E-state index contributed by atoms with van der Waals surface area (Å²) in [5.74, 6) is 0.0478. The van der Waals surface area contributed by atoms with E-state index in [4.69, 9.17) is 9.84 Å². The molecule has 0 saturated carbocycles. The highest BCUT2D eigenvalue weighted by Crippen LogP contribution is 2.27. The smallest absolute Gasteiger partial charge is 0.335 e. The molecule has 3 N–H and O–H groups in total. The molecule has 0 aliphatic carbocycles. The maximum absolute atomic E-state index is 11.3. The zero-order valence-electron chi connectivity index (χ0n) is 11.8. The molecule has 1 atom stereocenters. The largest absolute Gasteiger partial charge is 0.595 e. The molecule has 0 aliphatic heterocycles. The van der Waals surface area contributed by atoms with Crippen LogP contribution in [0.3, 0.4) is 0 Å².